The number of aromatic nitrogens is 4. The summed E-state index contributed by atoms with van der Waals surface area (Å²) < 4.78 is 2.34. The second-order valence-corrected chi connectivity index (χ2v) is 4.38. The number of hydrogen-bond acceptors (Lipinski definition) is 4. The molecule has 6 heteroatoms. The molecule has 2 aromatic heterocycles. The van der Waals surface area contributed by atoms with Crippen LogP contribution in [0.3, 0.4) is 0 Å². The van der Waals surface area contributed by atoms with Crippen LogP contribution >= 0.6 is 15.9 Å². The molecule has 0 bridgehead atoms. The van der Waals surface area contributed by atoms with Gasteiger partial charge in [-0.05, 0) is 28.4 Å². The Balaban J connectivity index is 2.39. The molecule has 0 fully saturated rings. The van der Waals surface area contributed by atoms with E-state index in [1.807, 2.05) is 6.92 Å². The molecule has 2 rings (SSSR count). The fraction of sp³-hybridized carbons (Fsp3) is 0.300. The Morgan fingerprint density at radius 3 is 2.44 bits per heavy atom. The highest BCUT2D eigenvalue weighted by molar-refractivity contribution is 9.10. The van der Waals surface area contributed by atoms with Crippen molar-refractivity contribution < 1.29 is 5.11 Å². The first kappa shape index (κ1) is 11.2. The van der Waals surface area contributed by atoms with E-state index in [4.69, 9.17) is 0 Å². The molecule has 0 spiro atoms. The van der Waals surface area contributed by atoms with Crippen molar-refractivity contribution in [2.24, 2.45) is 7.05 Å². The van der Waals surface area contributed by atoms with E-state index in [1.54, 1.807) is 30.3 Å². The quantitative estimate of drug-likeness (QED) is 0.904. The van der Waals surface area contributed by atoms with Gasteiger partial charge >= 0.3 is 0 Å². The van der Waals surface area contributed by atoms with Gasteiger partial charge in [0, 0.05) is 19.4 Å². The van der Waals surface area contributed by atoms with Crippen LogP contribution in [-0.2, 0) is 7.05 Å². The molecule has 0 aliphatic carbocycles. The number of rotatable bonds is 2. The summed E-state index contributed by atoms with van der Waals surface area (Å²) in [4.78, 5) is 8.19. The van der Waals surface area contributed by atoms with E-state index in [1.165, 1.54) is 0 Å². The maximum atomic E-state index is 10.1. The van der Waals surface area contributed by atoms with Crippen molar-refractivity contribution in [3.63, 3.8) is 0 Å². The Hall–Kier alpha value is -1.27. The van der Waals surface area contributed by atoms with Gasteiger partial charge < -0.3 is 5.11 Å². The third-order valence-electron chi connectivity index (χ3n) is 2.24. The molecule has 2 aromatic rings. The SMILES string of the molecule is Cc1cnc(C(O)c2c(Br)cnn2C)nc1. The van der Waals surface area contributed by atoms with E-state index in [0.717, 1.165) is 10.0 Å². The number of aryl methyl sites for hydroxylation is 2. The molecule has 84 valence electrons. The molecule has 0 amide bonds. The first-order chi connectivity index (χ1) is 7.59. The second kappa shape index (κ2) is 4.31. The van der Waals surface area contributed by atoms with Crippen LogP contribution in [-0.4, -0.2) is 24.9 Å². The third-order valence-corrected chi connectivity index (χ3v) is 2.85. The fourth-order valence-corrected chi connectivity index (χ4v) is 1.96. The molecular weight excluding hydrogens is 272 g/mol. The summed E-state index contributed by atoms with van der Waals surface area (Å²) in [5.74, 6) is 0.370. The molecule has 0 aliphatic heterocycles. The maximum absolute atomic E-state index is 10.1. The van der Waals surface area contributed by atoms with E-state index in [9.17, 15) is 5.11 Å². The Labute approximate surface area is 101 Å². The lowest BCUT2D eigenvalue weighted by atomic mass is 10.2. The van der Waals surface area contributed by atoms with E-state index in [2.05, 4.69) is 31.0 Å². The molecule has 5 nitrogen and oxygen atoms in total. The van der Waals surface area contributed by atoms with Crippen LogP contribution in [0.2, 0.25) is 0 Å². The molecule has 1 N–H and O–H groups in total. The van der Waals surface area contributed by atoms with Gasteiger partial charge in [-0.3, -0.25) is 4.68 Å². The van der Waals surface area contributed by atoms with Crippen LogP contribution in [0.1, 0.15) is 23.2 Å². The number of halogens is 1. The second-order valence-electron chi connectivity index (χ2n) is 3.52. The van der Waals surface area contributed by atoms with Gasteiger partial charge in [0.15, 0.2) is 11.9 Å². The van der Waals surface area contributed by atoms with Gasteiger partial charge in [-0.1, -0.05) is 0 Å². The molecular formula is C10H11BrN4O. The molecule has 0 aromatic carbocycles. The Morgan fingerprint density at radius 1 is 1.31 bits per heavy atom. The molecule has 0 aliphatic rings. The minimum absolute atomic E-state index is 0.370. The molecule has 0 saturated carbocycles. The average molecular weight is 283 g/mol. The third kappa shape index (κ3) is 1.98. The minimum atomic E-state index is -0.873. The lowest BCUT2D eigenvalue weighted by molar-refractivity contribution is 0.198. The van der Waals surface area contributed by atoms with Gasteiger partial charge in [-0.15, -0.1) is 0 Å². The first-order valence-electron chi connectivity index (χ1n) is 4.73. The summed E-state index contributed by atoms with van der Waals surface area (Å²) in [5, 5.41) is 14.2. The number of hydrogen-bond donors (Lipinski definition) is 1. The first-order valence-corrected chi connectivity index (χ1v) is 5.53. The van der Waals surface area contributed by atoms with Crippen molar-refractivity contribution in [1.82, 2.24) is 19.7 Å². The van der Waals surface area contributed by atoms with Crippen LogP contribution in [0.15, 0.2) is 23.1 Å². The molecule has 2 heterocycles. The summed E-state index contributed by atoms with van der Waals surface area (Å²) in [6, 6.07) is 0. The van der Waals surface area contributed by atoms with E-state index >= 15 is 0 Å². The molecule has 1 unspecified atom stereocenters. The van der Waals surface area contributed by atoms with Crippen molar-refractivity contribution in [2.75, 3.05) is 0 Å². The lowest BCUT2D eigenvalue weighted by Gasteiger charge is -2.10. The fourth-order valence-electron chi connectivity index (χ4n) is 1.39. The number of aliphatic hydroxyl groups excluding tert-OH is 1. The van der Waals surface area contributed by atoms with Gasteiger partial charge in [0.05, 0.1) is 16.4 Å². The zero-order chi connectivity index (χ0) is 11.7. The monoisotopic (exact) mass is 282 g/mol. The van der Waals surface area contributed by atoms with E-state index < -0.39 is 6.10 Å². The van der Waals surface area contributed by atoms with E-state index in [-0.39, 0.29) is 0 Å². The van der Waals surface area contributed by atoms with Crippen LogP contribution < -0.4 is 0 Å². The molecule has 0 radical (unpaired) electrons. The van der Waals surface area contributed by atoms with Crippen molar-refractivity contribution in [2.45, 2.75) is 13.0 Å². The Morgan fingerprint density at radius 2 is 1.94 bits per heavy atom. The van der Waals surface area contributed by atoms with E-state index in [0.29, 0.717) is 11.5 Å². The number of nitrogens with zero attached hydrogens (tertiary/aromatic N) is 4. The smallest absolute Gasteiger partial charge is 0.163 e. The largest absolute Gasteiger partial charge is 0.379 e. The van der Waals surface area contributed by atoms with Gasteiger partial charge in [0.25, 0.3) is 0 Å². The average Bonchev–Trinajstić information content (AvgIpc) is 2.59. The summed E-state index contributed by atoms with van der Waals surface area (Å²) in [6.45, 7) is 1.90. The van der Waals surface area contributed by atoms with Crippen LogP contribution in [0.25, 0.3) is 0 Å². The molecule has 16 heavy (non-hydrogen) atoms. The predicted molar refractivity (Wildman–Crippen MR) is 61.7 cm³/mol. The highest BCUT2D eigenvalue weighted by Crippen LogP contribution is 2.25. The summed E-state index contributed by atoms with van der Waals surface area (Å²) in [5.41, 5.74) is 1.60. The van der Waals surface area contributed by atoms with Crippen molar-refractivity contribution >= 4 is 15.9 Å². The van der Waals surface area contributed by atoms with Crippen molar-refractivity contribution in [1.29, 1.82) is 0 Å². The minimum Gasteiger partial charge on any atom is -0.379 e. The van der Waals surface area contributed by atoms with Gasteiger partial charge in [0.1, 0.15) is 0 Å². The Bertz CT molecular complexity index is 475. The highest BCUT2D eigenvalue weighted by atomic mass is 79.9. The topological polar surface area (TPSA) is 63.8 Å². The van der Waals surface area contributed by atoms with Gasteiger partial charge in [0.2, 0.25) is 0 Å². The van der Waals surface area contributed by atoms with Gasteiger partial charge in [-0.2, -0.15) is 5.10 Å². The predicted octanol–water partition coefficient (Wildman–Crippen LogP) is 1.36. The lowest BCUT2D eigenvalue weighted by Crippen LogP contribution is -2.10. The summed E-state index contributed by atoms with van der Waals surface area (Å²) in [6.07, 6.45) is 4.11. The van der Waals surface area contributed by atoms with Crippen LogP contribution in [0.5, 0.6) is 0 Å². The number of aliphatic hydroxyl groups is 1. The van der Waals surface area contributed by atoms with Crippen molar-refractivity contribution in [3.05, 3.63) is 40.1 Å². The zero-order valence-electron chi connectivity index (χ0n) is 8.92. The normalized spacial score (nSPS) is 12.8. The molecule has 0 saturated heterocycles. The summed E-state index contributed by atoms with van der Waals surface area (Å²) in [7, 11) is 1.76. The highest BCUT2D eigenvalue weighted by Gasteiger charge is 2.20. The molecule has 1 atom stereocenters. The standard InChI is InChI=1S/C10H11BrN4O/c1-6-3-12-10(13-4-6)9(16)8-7(11)5-14-15(8)2/h3-5,9,16H,1-2H3. The zero-order valence-corrected chi connectivity index (χ0v) is 10.5. The Kier molecular flexibility index (Phi) is 3.02. The maximum Gasteiger partial charge on any atom is 0.163 e. The van der Waals surface area contributed by atoms with Crippen LogP contribution in [0.4, 0.5) is 0 Å². The summed E-state index contributed by atoms with van der Waals surface area (Å²) >= 11 is 3.33. The van der Waals surface area contributed by atoms with Crippen molar-refractivity contribution in [3.8, 4) is 0 Å². The van der Waals surface area contributed by atoms with Crippen LogP contribution in [0, 0.1) is 6.92 Å². The van der Waals surface area contributed by atoms with Gasteiger partial charge in [-0.25, -0.2) is 9.97 Å².